The number of nitrogens with zero attached hydrogens (tertiary/aromatic N) is 3. The van der Waals surface area contributed by atoms with E-state index in [0.717, 1.165) is 42.4 Å². The Hall–Kier alpha value is -2.97. The maximum atomic E-state index is 13.8. The molecule has 1 atom stereocenters. The van der Waals surface area contributed by atoms with E-state index in [9.17, 15) is 9.59 Å². The van der Waals surface area contributed by atoms with Crippen molar-refractivity contribution in [1.82, 2.24) is 14.3 Å². The van der Waals surface area contributed by atoms with Gasteiger partial charge < -0.3 is 4.74 Å². The molecule has 0 spiro atoms. The van der Waals surface area contributed by atoms with Crippen LogP contribution in [-0.2, 0) is 4.79 Å². The van der Waals surface area contributed by atoms with Crippen molar-refractivity contribution < 1.29 is 9.53 Å². The van der Waals surface area contributed by atoms with Gasteiger partial charge in [0.25, 0.3) is 11.5 Å². The van der Waals surface area contributed by atoms with Crippen LogP contribution in [0.25, 0.3) is 11.7 Å². The summed E-state index contributed by atoms with van der Waals surface area (Å²) in [6, 6.07) is 9.77. The number of thiocarbonyl (C=S) groups is 1. The van der Waals surface area contributed by atoms with Gasteiger partial charge in [-0.15, -0.1) is 0 Å². The van der Waals surface area contributed by atoms with Gasteiger partial charge in [0.2, 0.25) is 5.88 Å². The Kier molecular flexibility index (Phi) is 9.28. The number of fused-ring (bicyclic) bond motifs is 1. The van der Waals surface area contributed by atoms with Crippen LogP contribution >= 0.6 is 24.0 Å². The second kappa shape index (κ2) is 12.5. The minimum absolute atomic E-state index is 0.168. The van der Waals surface area contributed by atoms with Crippen LogP contribution in [0, 0.1) is 19.8 Å². The normalized spacial score (nSPS) is 15.7. The first kappa shape index (κ1) is 29.0. The van der Waals surface area contributed by atoms with E-state index in [1.165, 1.54) is 16.2 Å². The third-order valence-electron chi connectivity index (χ3n) is 7.18. The number of benzene rings is 1. The SMILES string of the molecule is CCCCC(CC)CN1C(=O)/C(=C\c2c(Oc3cc(C)ccc3C(C)C)nc3c(C)cccn3c2=O)SC1=S. The van der Waals surface area contributed by atoms with Gasteiger partial charge in [-0.25, -0.2) is 0 Å². The second-order valence-electron chi connectivity index (χ2n) is 10.5. The Bertz CT molecular complexity index is 1490. The predicted molar refractivity (Wildman–Crippen MR) is 165 cm³/mol. The van der Waals surface area contributed by atoms with Gasteiger partial charge in [-0.05, 0) is 67.0 Å². The van der Waals surface area contributed by atoms with Crippen LogP contribution in [0.15, 0.2) is 46.2 Å². The van der Waals surface area contributed by atoms with Crippen LogP contribution in [0.3, 0.4) is 0 Å². The van der Waals surface area contributed by atoms with Crippen molar-refractivity contribution in [2.75, 3.05) is 6.54 Å². The van der Waals surface area contributed by atoms with E-state index in [1.807, 2.05) is 44.2 Å². The Balaban J connectivity index is 1.80. The molecule has 0 radical (unpaired) electrons. The molecule has 0 bridgehead atoms. The van der Waals surface area contributed by atoms with Crippen molar-refractivity contribution in [2.45, 2.75) is 73.1 Å². The average molecular weight is 564 g/mol. The number of rotatable bonds is 10. The van der Waals surface area contributed by atoms with Crippen molar-refractivity contribution >= 4 is 45.9 Å². The summed E-state index contributed by atoms with van der Waals surface area (Å²) in [5, 5.41) is 0. The average Bonchev–Trinajstić information content (AvgIpc) is 3.16. The van der Waals surface area contributed by atoms with Gasteiger partial charge in [0.1, 0.15) is 21.3 Å². The molecule has 1 saturated heterocycles. The molecular formula is C31H37N3O3S2. The predicted octanol–water partition coefficient (Wildman–Crippen LogP) is 7.64. The van der Waals surface area contributed by atoms with Crippen molar-refractivity contribution in [3.05, 3.63) is 74.0 Å². The van der Waals surface area contributed by atoms with Gasteiger partial charge >= 0.3 is 0 Å². The molecule has 39 heavy (non-hydrogen) atoms. The van der Waals surface area contributed by atoms with Crippen LogP contribution in [0.2, 0.25) is 0 Å². The molecule has 6 nitrogen and oxygen atoms in total. The zero-order valence-corrected chi connectivity index (χ0v) is 25.2. The van der Waals surface area contributed by atoms with E-state index in [0.29, 0.717) is 33.1 Å². The zero-order valence-electron chi connectivity index (χ0n) is 23.6. The van der Waals surface area contributed by atoms with E-state index in [-0.39, 0.29) is 28.8 Å². The minimum atomic E-state index is -0.294. The third kappa shape index (κ3) is 6.28. The molecule has 1 aliphatic heterocycles. The molecule has 1 aliphatic rings. The number of hydrogen-bond donors (Lipinski definition) is 0. The van der Waals surface area contributed by atoms with Crippen molar-refractivity contribution in [3.63, 3.8) is 0 Å². The molecule has 206 valence electrons. The van der Waals surface area contributed by atoms with Crippen molar-refractivity contribution in [1.29, 1.82) is 0 Å². The fourth-order valence-electron chi connectivity index (χ4n) is 4.77. The number of unbranched alkanes of at least 4 members (excludes halogenated alkanes) is 1. The number of aromatic nitrogens is 2. The third-order valence-corrected chi connectivity index (χ3v) is 8.56. The fraction of sp³-hybridized carbons (Fsp3) is 0.419. The molecule has 0 aliphatic carbocycles. The highest BCUT2D eigenvalue weighted by Crippen LogP contribution is 2.36. The van der Waals surface area contributed by atoms with Gasteiger partial charge in [0.05, 0.1) is 4.91 Å². The van der Waals surface area contributed by atoms with Crippen molar-refractivity contribution in [3.8, 4) is 11.6 Å². The molecule has 2 aromatic heterocycles. The summed E-state index contributed by atoms with van der Waals surface area (Å²) in [5.41, 5.74) is 3.36. The number of amides is 1. The number of aryl methyl sites for hydroxylation is 2. The molecule has 1 amide bonds. The highest BCUT2D eigenvalue weighted by molar-refractivity contribution is 8.26. The standard InChI is InChI=1S/C31H37N3O3S2/c1-7-9-12-22(8-2)18-34-30(36)26(39-31(34)38)17-24-28(32-27-21(6)11-10-15-33(27)29(24)35)37-25-16-20(5)13-14-23(25)19(3)4/h10-11,13-17,19,22H,7-9,12,18H2,1-6H3/b26-17+. The molecule has 3 heterocycles. The molecular weight excluding hydrogens is 526 g/mol. The number of carbonyl (C=O) groups excluding carboxylic acids is 1. The van der Waals surface area contributed by atoms with Crippen LogP contribution in [-0.4, -0.2) is 31.1 Å². The van der Waals surface area contributed by atoms with Gasteiger partial charge in [-0.1, -0.05) is 89.1 Å². The highest BCUT2D eigenvalue weighted by atomic mass is 32.2. The molecule has 4 rings (SSSR count). The summed E-state index contributed by atoms with van der Waals surface area (Å²) >= 11 is 6.84. The first-order chi connectivity index (χ1) is 18.6. The molecule has 0 saturated carbocycles. The lowest BCUT2D eigenvalue weighted by Crippen LogP contribution is -2.33. The molecule has 1 unspecified atom stereocenters. The maximum absolute atomic E-state index is 13.8. The smallest absolute Gasteiger partial charge is 0.269 e. The lowest BCUT2D eigenvalue weighted by molar-refractivity contribution is -0.122. The number of pyridine rings is 1. The summed E-state index contributed by atoms with van der Waals surface area (Å²) in [6.45, 7) is 13.0. The first-order valence-corrected chi connectivity index (χ1v) is 14.9. The van der Waals surface area contributed by atoms with Gasteiger partial charge in [-0.2, -0.15) is 4.98 Å². The summed E-state index contributed by atoms with van der Waals surface area (Å²) in [7, 11) is 0. The van der Waals surface area contributed by atoms with E-state index in [4.69, 9.17) is 21.9 Å². The Morgan fingerprint density at radius 2 is 1.92 bits per heavy atom. The molecule has 8 heteroatoms. The largest absolute Gasteiger partial charge is 0.438 e. The Morgan fingerprint density at radius 3 is 2.62 bits per heavy atom. The Labute approximate surface area is 240 Å². The summed E-state index contributed by atoms with van der Waals surface area (Å²) < 4.78 is 8.44. The first-order valence-electron chi connectivity index (χ1n) is 13.7. The van der Waals surface area contributed by atoms with Crippen LogP contribution in [0.4, 0.5) is 0 Å². The van der Waals surface area contributed by atoms with E-state index < -0.39 is 0 Å². The number of hydrogen-bond acceptors (Lipinski definition) is 6. The lowest BCUT2D eigenvalue weighted by Gasteiger charge is -2.21. The van der Waals surface area contributed by atoms with Gasteiger partial charge in [0.15, 0.2) is 0 Å². The van der Waals surface area contributed by atoms with E-state index >= 15 is 0 Å². The monoisotopic (exact) mass is 563 g/mol. The van der Waals surface area contributed by atoms with Crippen LogP contribution in [0.5, 0.6) is 11.6 Å². The second-order valence-corrected chi connectivity index (χ2v) is 12.2. The van der Waals surface area contributed by atoms with Crippen LogP contribution < -0.4 is 10.3 Å². The topological polar surface area (TPSA) is 63.9 Å². The van der Waals surface area contributed by atoms with Crippen LogP contribution in [0.1, 0.15) is 81.5 Å². The quantitative estimate of drug-likeness (QED) is 0.187. The zero-order chi connectivity index (χ0) is 28.3. The number of ether oxygens (including phenoxy) is 1. The molecule has 0 N–H and O–H groups in total. The molecule has 1 aromatic carbocycles. The Morgan fingerprint density at radius 1 is 1.15 bits per heavy atom. The summed E-state index contributed by atoms with van der Waals surface area (Å²) in [5.74, 6) is 1.26. The molecule has 1 fully saturated rings. The minimum Gasteiger partial charge on any atom is -0.438 e. The van der Waals surface area contributed by atoms with Gasteiger partial charge in [0, 0.05) is 12.7 Å². The fourth-order valence-corrected chi connectivity index (χ4v) is 6.03. The maximum Gasteiger partial charge on any atom is 0.269 e. The number of thioether (sulfide) groups is 1. The highest BCUT2D eigenvalue weighted by Gasteiger charge is 2.34. The van der Waals surface area contributed by atoms with E-state index in [1.54, 1.807) is 17.2 Å². The van der Waals surface area contributed by atoms with E-state index in [2.05, 4.69) is 27.7 Å². The molecule has 3 aromatic rings. The summed E-state index contributed by atoms with van der Waals surface area (Å²) in [6.07, 6.45) is 7.59. The van der Waals surface area contributed by atoms with Gasteiger partial charge in [-0.3, -0.25) is 18.9 Å². The summed E-state index contributed by atoms with van der Waals surface area (Å²) in [4.78, 5) is 34.2. The number of carbonyl (C=O) groups is 1. The lowest BCUT2D eigenvalue weighted by atomic mass is 9.99. The van der Waals surface area contributed by atoms with Crippen molar-refractivity contribution in [2.24, 2.45) is 5.92 Å².